The summed E-state index contributed by atoms with van der Waals surface area (Å²) in [4.78, 5) is 0.294. The lowest BCUT2D eigenvalue weighted by Crippen LogP contribution is -2.39. The summed E-state index contributed by atoms with van der Waals surface area (Å²) in [7, 11) is -3.48. The lowest BCUT2D eigenvalue weighted by Gasteiger charge is -2.28. The van der Waals surface area contributed by atoms with Crippen LogP contribution in [0.4, 0.5) is 0 Å². The van der Waals surface area contributed by atoms with Crippen molar-refractivity contribution in [1.29, 1.82) is 0 Å². The summed E-state index contributed by atoms with van der Waals surface area (Å²) in [5.74, 6) is 0.208. The molecule has 1 aromatic carbocycles. The highest BCUT2D eigenvalue weighted by Gasteiger charge is 2.31. The third kappa shape index (κ3) is 3.73. The molecule has 0 aliphatic carbocycles. The maximum Gasteiger partial charge on any atom is 0.243 e. The fraction of sp³-hybridized carbons (Fsp3) is 0.600. The van der Waals surface area contributed by atoms with E-state index in [1.54, 1.807) is 22.5 Å². The summed E-state index contributed by atoms with van der Waals surface area (Å²) >= 11 is 11.9. The highest BCUT2D eigenvalue weighted by atomic mass is 35.5. The molecule has 0 amide bonds. The van der Waals surface area contributed by atoms with E-state index in [0.717, 1.165) is 32.1 Å². The Morgan fingerprint density at radius 3 is 2.71 bits per heavy atom. The zero-order valence-electron chi connectivity index (χ0n) is 12.2. The van der Waals surface area contributed by atoms with Crippen molar-refractivity contribution in [3.8, 4) is 0 Å². The van der Waals surface area contributed by atoms with Crippen molar-refractivity contribution < 1.29 is 8.42 Å². The molecule has 2 rings (SSSR count). The van der Waals surface area contributed by atoms with E-state index in [2.05, 4.69) is 0 Å². The minimum absolute atomic E-state index is 0.0904. The van der Waals surface area contributed by atoms with Gasteiger partial charge < -0.3 is 0 Å². The molecule has 0 saturated carbocycles. The average molecular weight is 350 g/mol. The van der Waals surface area contributed by atoms with E-state index in [9.17, 15) is 8.42 Å². The number of nitrogens with zero attached hydrogens (tertiary/aromatic N) is 1. The van der Waals surface area contributed by atoms with Crippen molar-refractivity contribution in [3.63, 3.8) is 0 Å². The number of hydrogen-bond donors (Lipinski definition) is 0. The van der Waals surface area contributed by atoms with E-state index in [4.69, 9.17) is 23.2 Å². The van der Waals surface area contributed by atoms with Gasteiger partial charge in [0.1, 0.15) is 0 Å². The fourth-order valence-corrected chi connectivity index (χ4v) is 5.12. The molecule has 0 spiro atoms. The van der Waals surface area contributed by atoms with Gasteiger partial charge in [-0.3, -0.25) is 0 Å². The lowest BCUT2D eigenvalue weighted by atomic mass is 10.1. The topological polar surface area (TPSA) is 37.4 Å². The SMILES string of the molecule is CCC1CCCCCN1S(=O)(=O)c1ccc(Cl)c(CCl)c1. The van der Waals surface area contributed by atoms with Crippen LogP contribution in [-0.2, 0) is 15.9 Å². The Morgan fingerprint density at radius 1 is 1.29 bits per heavy atom. The summed E-state index contributed by atoms with van der Waals surface area (Å²) in [5.41, 5.74) is 0.655. The summed E-state index contributed by atoms with van der Waals surface area (Å²) in [6, 6.07) is 4.88. The fourth-order valence-electron chi connectivity index (χ4n) is 2.82. The van der Waals surface area contributed by atoms with Crippen LogP contribution in [0, 0.1) is 0 Å². The standard InChI is InChI=1S/C15H21Cl2NO2S/c1-2-13-6-4-3-5-9-18(13)21(19,20)14-7-8-15(17)12(10-14)11-16/h7-8,10,13H,2-6,9,11H2,1H3. The molecule has 0 radical (unpaired) electrons. The Kier molecular flexibility index (Phi) is 5.95. The van der Waals surface area contributed by atoms with Gasteiger partial charge in [-0.05, 0) is 43.0 Å². The molecule has 118 valence electrons. The monoisotopic (exact) mass is 349 g/mol. The van der Waals surface area contributed by atoms with E-state index < -0.39 is 10.0 Å². The van der Waals surface area contributed by atoms with Crippen molar-refractivity contribution in [1.82, 2.24) is 4.31 Å². The number of hydrogen-bond acceptors (Lipinski definition) is 2. The predicted octanol–water partition coefficient (Wildman–Crippen LogP) is 4.42. The molecule has 0 aromatic heterocycles. The van der Waals surface area contributed by atoms with Crippen LogP contribution >= 0.6 is 23.2 Å². The van der Waals surface area contributed by atoms with Crippen LogP contribution in [0.15, 0.2) is 23.1 Å². The molecule has 1 heterocycles. The molecular formula is C15H21Cl2NO2S. The first-order valence-corrected chi connectivity index (χ1v) is 9.72. The first-order valence-electron chi connectivity index (χ1n) is 7.37. The second-order valence-electron chi connectivity index (χ2n) is 5.41. The van der Waals surface area contributed by atoms with Crippen molar-refractivity contribution >= 4 is 33.2 Å². The summed E-state index contributed by atoms with van der Waals surface area (Å²) < 4.78 is 27.5. The molecule has 1 aliphatic rings. The van der Waals surface area contributed by atoms with Gasteiger partial charge in [0.25, 0.3) is 0 Å². The second-order valence-corrected chi connectivity index (χ2v) is 7.98. The van der Waals surface area contributed by atoms with E-state index >= 15 is 0 Å². The van der Waals surface area contributed by atoms with E-state index in [1.165, 1.54) is 0 Å². The van der Waals surface area contributed by atoms with Gasteiger partial charge in [-0.25, -0.2) is 8.42 Å². The predicted molar refractivity (Wildman–Crippen MR) is 87.4 cm³/mol. The number of alkyl halides is 1. The quantitative estimate of drug-likeness (QED) is 0.754. The third-order valence-electron chi connectivity index (χ3n) is 4.06. The molecular weight excluding hydrogens is 329 g/mol. The first kappa shape index (κ1) is 17.1. The van der Waals surface area contributed by atoms with Crippen LogP contribution < -0.4 is 0 Å². The maximum atomic E-state index is 12.9. The van der Waals surface area contributed by atoms with Gasteiger partial charge >= 0.3 is 0 Å². The molecule has 0 bridgehead atoms. The Balaban J connectivity index is 2.39. The van der Waals surface area contributed by atoms with Gasteiger partial charge in [-0.1, -0.05) is 31.4 Å². The minimum Gasteiger partial charge on any atom is -0.207 e. The lowest BCUT2D eigenvalue weighted by molar-refractivity contribution is 0.315. The van der Waals surface area contributed by atoms with Gasteiger partial charge in [-0.2, -0.15) is 4.31 Å². The van der Waals surface area contributed by atoms with Crippen LogP contribution in [0.5, 0.6) is 0 Å². The van der Waals surface area contributed by atoms with Gasteiger partial charge in [0.05, 0.1) is 4.90 Å². The largest absolute Gasteiger partial charge is 0.243 e. The Labute approximate surface area is 137 Å². The Morgan fingerprint density at radius 2 is 2.05 bits per heavy atom. The van der Waals surface area contributed by atoms with Crippen molar-refractivity contribution in [3.05, 3.63) is 28.8 Å². The molecule has 1 aromatic rings. The van der Waals surface area contributed by atoms with E-state index in [-0.39, 0.29) is 11.9 Å². The summed E-state index contributed by atoms with van der Waals surface area (Å²) in [6.45, 7) is 2.64. The maximum absolute atomic E-state index is 12.9. The van der Waals surface area contributed by atoms with Crippen LogP contribution in [0.1, 0.15) is 44.6 Å². The molecule has 21 heavy (non-hydrogen) atoms. The molecule has 0 N–H and O–H groups in total. The highest BCUT2D eigenvalue weighted by molar-refractivity contribution is 7.89. The number of halogens is 2. The zero-order valence-corrected chi connectivity index (χ0v) is 14.5. The smallest absolute Gasteiger partial charge is 0.207 e. The normalized spacial score (nSPS) is 21.2. The Bertz CT molecular complexity index is 589. The summed E-state index contributed by atoms with van der Waals surface area (Å²) in [5, 5.41) is 0.506. The van der Waals surface area contributed by atoms with Crippen LogP contribution in [0.25, 0.3) is 0 Å². The van der Waals surface area contributed by atoms with Gasteiger partial charge in [-0.15, -0.1) is 11.6 Å². The molecule has 6 heteroatoms. The van der Waals surface area contributed by atoms with Crippen molar-refractivity contribution in [2.24, 2.45) is 0 Å². The van der Waals surface area contributed by atoms with Crippen LogP contribution in [0.3, 0.4) is 0 Å². The molecule has 1 fully saturated rings. The zero-order chi connectivity index (χ0) is 15.5. The van der Waals surface area contributed by atoms with Gasteiger partial charge in [0.2, 0.25) is 10.0 Å². The van der Waals surface area contributed by atoms with Crippen LogP contribution in [-0.4, -0.2) is 25.3 Å². The molecule has 1 aliphatic heterocycles. The van der Waals surface area contributed by atoms with E-state index in [1.807, 2.05) is 6.92 Å². The third-order valence-corrected chi connectivity index (χ3v) is 6.67. The number of benzene rings is 1. The van der Waals surface area contributed by atoms with Gasteiger partial charge in [0, 0.05) is 23.5 Å². The van der Waals surface area contributed by atoms with Crippen molar-refractivity contribution in [2.45, 2.75) is 55.8 Å². The first-order chi connectivity index (χ1) is 10.0. The molecule has 3 nitrogen and oxygen atoms in total. The molecule has 1 saturated heterocycles. The molecule has 1 unspecified atom stereocenters. The average Bonchev–Trinajstić information content (AvgIpc) is 2.73. The summed E-state index contributed by atoms with van der Waals surface area (Å²) in [6.07, 6.45) is 4.89. The Hall–Kier alpha value is -0.290. The van der Waals surface area contributed by atoms with Crippen molar-refractivity contribution in [2.75, 3.05) is 6.54 Å². The second kappa shape index (κ2) is 7.32. The molecule has 1 atom stereocenters. The highest BCUT2D eigenvalue weighted by Crippen LogP contribution is 2.29. The number of rotatable bonds is 4. The minimum atomic E-state index is -3.48. The number of sulfonamides is 1. The van der Waals surface area contributed by atoms with Gasteiger partial charge in [0.15, 0.2) is 0 Å². The van der Waals surface area contributed by atoms with E-state index in [0.29, 0.717) is 22.0 Å². The van der Waals surface area contributed by atoms with Crippen LogP contribution in [0.2, 0.25) is 5.02 Å².